The zero-order valence-corrected chi connectivity index (χ0v) is 13.9. The fourth-order valence-corrected chi connectivity index (χ4v) is 3.59. The Balaban J connectivity index is 1.66. The van der Waals surface area contributed by atoms with Gasteiger partial charge in [-0.1, -0.05) is 5.21 Å². The van der Waals surface area contributed by atoms with Crippen LogP contribution in [0.2, 0.25) is 0 Å². The van der Waals surface area contributed by atoms with Crippen molar-refractivity contribution in [2.24, 2.45) is 5.92 Å². The smallest absolute Gasteiger partial charge is 0.356 e. The Labute approximate surface area is 138 Å². The average molecular weight is 385 g/mol. The summed E-state index contributed by atoms with van der Waals surface area (Å²) in [4.78, 5) is 15.0. The number of carboxylic acids is 1. The molecule has 1 fully saturated rings. The van der Waals surface area contributed by atoms with Gasteiger partial charge in [-0.15, -0.1) is 16.4 Å². The molecule has 1 N–H and O–H groups in total. The van der Waals surface area contributed by atoms with Crippen LogP contribution in [0, 0.1) is 5.92 Å². The molecule has 9 heteroatoms. The quantitative estimate of drug-likeness (QED) is 0.850. The molecule has 0 radical (unpaired) electrons. The number of aromatic nitrogens is 4. The second kappa shape index (κ2) is 6.67. The first kappa shape index (κ1) is 15.3. The molecule has 1 aliphatic rings. The standard InChI is InChI=1S/C13H13BrN4O3S/c14-12-11(13(19)20)15-10(22-12)2-1-9-6-18(17-16-9)5-8-3-4-21-7-8/h1-2,6,8H,3-5,7H2,(H,19,20)/b2-1+. The number of carbonyl (C=O) groups is 1. The van der Waals surface area contributed by atoms with Crippen LogP contribution in [0.4, 0.5) is 0 Å². The van der Waals surface area contributed by atoms with E-state index in [9.17, 15) is 4.79 Å². The van der Waals surface area contributed by atoms with Crippen molar-refractivity contribution in [2.75, 3.05) is 13.2 Å². The molecule has 0 amide bonds. The van der Waals surface area contributed by atoms with E-state index in [4.69, 9.17) is 9.84 Å². The lowest BCUT2D eigenvalue weighted by molar-refractivity contribution is 0.0690. The molecule has 1 saturated heterocycles. The Kier molecular flexibility index (Phi) is 4.65. The number of rotatable bonds is 5. The van der Waals surface area contributed by atoms with Gasteiger partial charge in [0.05, 0.1) is 12.8 Å². The summed E-state index contributed by atoms with van der Waals surface area (Å²) in [7, 11) is 0. The lowest BCUT2D eigenvalue weighted by Gasteiger charge is -2.05. The molecule has 0 bridgehead atoms. The highest BCUT2D eigenvalue weighted by atomic mass is 79.9. The van der Waals surface area contributed by atoms with E-state index in [1.165, 1.54) is 11.3 Å². The Morgan fingerprint density at radius 2 is 2.45 bits per heavy atom. The molecule has 2 aromatic rings. The third kappa shape index (κ3) is 3.60. The molecular weight excluding hydrogens is 372 g/mol. The van der Waals surface area contributed by atoms with Crippen LogP contribution in [0.25, 0.3) is 12.2 Å². The van der Waals surface area contributed by atoms with Crippen molar-refractivity contribution < 1.29 is 14.6 Å². The molecule has 0 spiro atoms. The molecule has 0 aromatic carbocycles. The number of hydrogen-bond donors (Lipinski definition) is 1. The van der Waals surface area contributed by atoms with E-state index in [-0.39, 0.29) is 5.69 Å². The molecular formula is C13H13BrN4O3S. The number of thiazole rings is 1. The number of halogens is 1. The van der Waals surface area contributed by atoms with Gasteiger partial charge in [-0.3, -0.25) is 4.68 Å². The lowest BCUT2D eigenvalue weighted by Crippen LogP contribution is -2.10. The van der Waals surface area contributed by atoms with Crippen LogP contribution in [-0.4, -0.2) is 44.3 Å². The number of hydrogen-bond acceptors (Lipinski definition) is 6. The highest BCUT2D eigenvalue weighted by molar-refractivity contribution is 9.11. The van der Waals surface area contributed by atoms with Crippen LogP contribution in [0.15, 0.2) is 9.98 Å². The van der Waals surface area contributed by atoms with Crippen molar-refractivity contribution in [3.8, 4) is 0 Å². The summed E-state index contributed by atoms with van der Waals surface area (Å²) >= 11 is 4.46. The fourth-order valence-electron chi connectivity index (χ4n) is 2.15. The van der Waals surface area contributed by atoms with Gasteiger partial charge in [0.15, 0.2) is 5.69 Å². The van der Waals surface area contributed by atoms with E-state index in [1.54, 1.807) is 16.8 Å². The minimum absolute atomic E-state index is 0.0227. The number of carboxylic acid groups (broad SMARTS) is 1. The Bertz CT molecular complexity index is 706. The highest BCUT2D eigenvalue weighted by Crippen LogP contribution is 2.26. The van der Waals surface area contributed by atoms with Crippen LogP contribution >= 0.6 is 27.3 Å². The molecule has 7 nitrogen and oxygen atoms in total. The zero-order valence-electron chi connectivity index (χ0n) is 11.5. The van der Waals surface area contributed by atoms with Crippen LogP contribution in [-0.2, 0) is 11.3 Å². The lowest BCUT2D eigenvalue weighted by atomic mass is 10.1. The van der Waals surface area contributed by atoms with E-state index in [1.807, 2.05) is 6.20 Å². The summed E-state index contributed by atoms with van der Waals surface area (Å²) in [5, 5.41) is 17.7. The predicted octanol–water partition coefficient (Wildman–Crippen LogP) is 2.40. The normalized spacial score (nSPS) is 18.3. The zero-order chi connectivity index (χ0) is 15.5. The van der Waals surface area contributed by atoms with E-state index in [2.05, 4.69) is 31.2 Å². The molecule has 116 valence electrons. The minimum Gasteiger partial charge on any atom is -0.476 e. The van der Waals surface area contributed by atoms with Crippen LogP contribution in [0.1, 0.15) is 27.6 Å². The van der Waals surface area contributed by atoms with Gasteiger partial charge in [0.2, 0.25) is 0 Å². The van der Waals surface area contributed by atoms with Crippen LogP contribution in [0.5, 0.6) is 0 Å². The summed E-state index contributed by atoms with van der Waals surface area (Å²) < 4.78 is 7.65. The minimum atomic E-state index is -1.05. The highest BCUT2D eigenvalue weighted by Gasteiger charge is 2.17. The molecule has 0 aliphatic carbocycles. The fraction of sp³-hybridized carbons (Fsp3) is 0.385. The summed E-state index contributed by atoms with van der Waals surface area (Å²) in [6, 6.07) is 0. The summed E-state index contributed by atoms with van der Waals surface area (Å²) in [5.41, 5.74) is 0.733. The summed E-state index contributed by atoms with van der Waals surface area (Å²) in [5.74, 6) is -0.556. The third-order valence-corrected chi connectivity index (χ3v) is 4.90. The van der Waals surface area contributed by atoms with Crippen LogP contribution < -0.4 is 0 Å². The van der Waals surface area contributed by atoms with Crippen molar-refractivity contribution in [1.29, 1.82) is 0 Å². The van der Waals surface area contributed by atoms with Crippen molar-refractivity contribution in [2.45, 2.75) is 13.0 Å². The second-order valence-electron chi connectivity index (χ2n) is 4.91. The first-order valence-corrected chi connectivity index (χ1v) is 8.28. The van der Waals surface area contributed by atoms with Gasteiger partial charge in [0.25, 0.3) is 0 Å². The van der Waals surface area contributed by atoms with Gasteiger partial charge in [-0.25, -0.2) is 9.78 Å². The molecule has 1 atom stereocenters. The maximum atomic E-state index is 10.9. The van der Waals surface area contributed by atoms with Gasteiger partial charge < -0.3 is 9.84 Å². The van der Waals surface area contributed by atoms with Gasteiger partial charge in [0.1, 0.15) is 14.5 Å². The first-order chi connectivity index (χ1) is 10.6. The van der Waals surface area contributed by atoms with E-state index in [0.29, 0.717) is 20.4 Å². The average Bonchev–Trinajstić information content (AvgIpc) is 3.18. The largest absolute Gasteiger partial charge is 0.476 e. The number of nitrogens with zero attached hydrogens (tertiary/aromatic N) is 4. The van der Waals surface area contributed by atoms with Gasteiger partial charge in [-0.05, 0) is 34.5 Å². The Morgan fingerprint density at radius 1 is 1.59 bits per heavy atom. The Hall–Kier alpha value is -1.58. The molecule has 0 saturated carbocycles. The van der Waals surface area contributed by atoms with Gasteiger partial charge in [-0.2, -0.15) is 0 Å². The molecule has 1 unspecified atom stereocenters. The second-order valence-corrected chi connectivity index (χ2v) is 7.26. The van der Waals surface area contributed by atoms with Crippen molar-refractivity contribution in [3.63, 3.8) is 0 Å². The SMILES string of the molecule is O=C(O)c1nc(/C=C/c2cn(CC3CCOC3)nn2)sc1Br. The van der Waals surface area contributed by atoms with Gasteiger partial charge >= 0.3 is 5.97 Å². The molecule has 1 aliphatic heterocycles. The maximum absolute atomic E-state index is 10.9. The van der Waals surface area contributed by atoms with Gasteiger partial charge in [0, 0.05) is 19.1 Å². The number of ether oxygens (including phenoxy) is 1. The van der Waals surface area contributed by atoms with E-state index in [0.717, 1.165) is 26.2 Å². The summed E-state index contributed by atoms with van der Waals surface area (Å²) in [6.07, 6.45) is 6.41. The summed E-state index contributed by atoms with van der Waals surface area (Å²) in [6.45, 7) is 2.39. The molecule has 22 heavy (non-hydrogen) atoms. The Morgan fingerprint density at radius 3 is 3.14 bits per heavy atom. The van der Waals surface area contributed by atoms with Crippen molar-refractivity contribution >= 4 is 45.4 Å². The van der Waals surface area contributed by atoms with Crippen molar-refractivity contribution in [3.05, 3.63) is 26.4 Å². The monoisotopic (exact) mass is 384 g/mol. The third-order valence-electron chi connectivity index (χ3n) is 3.23. The molecule has 3 rings (SSSR count). The predicted molar refractivity (Wildman–Crippen MR) is 84.6 cm³/mol. The van der Waals surface area contributed by atoms with E-state index < -0.39 is 5.97 Å². The first-order valence-electron chi connectivity index (χ1n) is 6.67. The topological polar surface area (TPSA) is 90.1 Å². The van der Waals surface area contributed by atoms with Crippen molar-refractivity contribution in [1.82, 2.24) is 20.0 Å². The molecule has 2 aromatic heterocycles. The maximum Gasteiger partial charge on any atom is 0.356 e. The van der Waals surface area contributed by atoms with Crippen LogP contribution in [0.3, 0.4) is 0 Å². The number of aromatic carboxylic acids is 1. The van der Waals surface area contributed by atoms with E-state index >= 15 is 0 Å². The molecule has 3 heterocycles.